The van der Waals surface area contributed by atoms with E-state index in [-0.39, 0.29) is 0 Å². The van der Waals surface area contributed by atoms with Crippen molar-refractivity contribution in [3.8, 4) is 0 Å². The highest BCUT2D eigenvalue weighted by Gasteiger charge is 2.07. The molecule has 0 amide bonds. The Labute approximate surface area is 121 Å². The van der Waals surface area contributed by atoms with E-state index < -0.39 is 0 Å². The molecule has 0 unspecified atom stereocenters. The fourth-order valence-corrected chi connectivity index (χ4v) is 3.91. The maximum Gasteiger partial charge on any atom is 0.0982 e. The molecule has 1 nitrogen and oxygen atoms in total. The number of nitrogens with zero attached hydrogens (tertiary/aromatic N) is 1. The molecule has 0 N–H and O–H groups in total. The normalized spacial score (nSPS) is 11.0. The van der Waals surface area contributed by atoms with Crippen molar-refractivity contribution in [2.45, 2.75) is 18.2 Å². The Bertz CT molecular complexity index is 655. The lowest BCUT2D eigenvalue weighted by atomic mass is 10.1. The Morgan fingerprint density at radius 1 is 1.05 bits per heavy atom. The van der Waals surface area contributed by atoms with Crippen molar-refractivity contribution in [2.75, 3.05) is 5.75 Å². The summed E-state index contributed by atoms with van der Waals surface area (Å²) in [5, 5.41) is 1.20. The average Bonchev–Trinajstić information content (AvgIpc) is 2.83. The van der Waals surface area contributed by atoms with E-state index in [0.29, 0.717) is 0 Å². The summed E-state index contributed by atoms with van der Waals surface area (Å²) in [6, 6.07) is 17.0. The van der Waals surface area contributed by atoms with Crippen molar-refractivity contribution in [1.82, 2.24) is 4.98 Å². The van der Waals surface area contributed by atoms with Crippen molar-refractivity contribution in [1.29, 1.82) is 0 Å². The fraction of sp³-hybridized carbons (Fsp3) is 0.188. The molecular formula is C16H15NS2. The van der Waals surface area contributed by atoms with Gasteiger partial charge in [-0.2, -0.15) is 0 Å². The van der Waals surface area contributed by atoms with E-state index >= 15 is 0 Å². The van der Waals surface area contributed by atoms with E-state index in [1.165, 1.54) is 20.2 Å². The van der Waals surface area contributed by atoms with Crippen LogP contribution in [0.5, 0.6) is 0 Å². The van der Waals surface area contributed by atoms with Gasteiger partial charge in [0.05, 0.1) is 15.2 Å². The highest BCUT2D eigenvalue weighted by molar-refractivity contribution is 7.99. The monoisotopic (exact) mass is 285 g/mol. The molecule has 3 rings (SSSR count). The van der Waals surface area contributed by atoms with Crippen LogP contribution in [-0.2, 0) is 6.42 Å². The summed E-state index contributed by atoms with van der Waals surface area (Å²) >= 11 is 3.70. The number of benzene rings is 2. The molecule has 3 heteroatoms. The molecule has 0 aliphatic heterocycles. The number of para-hydroxylation sites is 1. The van der Waals surface area contributed by atoms with Gasteiger partial charge < -0.3 is 0 Å². The number of rotatable bonds is 4. The SMILES string of the molecule is CCSc1ccccc1Cc1nc2ccccc2s1. The Hall–Kier alpha value is -1.32. The van der Waals surface area contributed by atoms with Gasteiger partial charge in [0.2, 0.25) is 0 Å². The van der Waals surface area contributed by atoms with E-state index in [2.05, 4.69) is 49.4 Å². The molecule has 2 aromatic carbocycles. The summed E-state index contributed by atoms with van der Waals surface area (Å²) in [5.74, 6) is 1.11. The number of fused-ring (bicyclic) bond motifs is 1. The third kappa shape index (κ3) is 2.82. The Morgan fingerprint density at radius 2 is 1.84 bits per heavy atom. The first-order valence-electron chi connectivity index (χ1n) is 6.42. The fourth-order valence-electron chi connectivity index (χ4n) is 2.10. The topological polar surface area (TPSA) is 12.9 Å². The summed E-state index contributed by atoms with van der Waals surface area (Å²) in [6.07, 6.45) is 0.933. The molecule has 0 fully saturated rings. The highest BCUT2D eigenvalue weighted by atomic mass is 32.2. The lowest BCUT2D eigenvalue weighted by molar-refractivity contribution is 1.10. The summed E-state index contributed by atoms with van der Waals surface area (Å²) in [4.78, 5) is 6.10. The lowest BCUT2D eigenvalue weighted by Gasteiger charge is -2.05. The largest absolute Gasteiger partial charge is 0.241 e. The van der Waals surface area contributed by atoms with E-state index in [0.717, 1.165) is 17.7 Å². The number of thiazole rings is 1. The van der Waals surface area contributed by atoms with E-state index in [1.807, 2.05) is 17.8 Å². The second kappa shape index (κ2) is 5.76. The van der Waals surface area contributed by atoms with Crippen molar-refractivity contribution >= 4 is 33.3 Å². The van der Waals surface area contributed by atoms with E-state index in [9.17, 15) is 0 Å². The Morgan fingerprint density at radius 3 is 2.68 bits per heavy atom. The van der Waals surface area contributed by atoms with Crippen LogP contribution < -0.4 is 0 Å². The molecule has 0 aliphatic carbocycles. The molecule has 0 radical (unpaired) electrons. The van der Waals surface area contributed by atoms with Crippen LogP contribution in [0.4, 0.5) is 0 Å². The van der Waals surface area contributed by atoms with Crippen molar-refractivity contribution < 1.29 is 0 Å². The van der Waals surface area contributed by atoms with E-state index in [1.54, 1.807) is 11.3 Å². The zero-order valence-corrected chi connectivity index (χ0v) is 12.4. The van der Waals surface area contributed by atoms with Gasteiger partial charge in [0.1, 0.15) is 0 Å². The van der Waals surface area contributed by atoms with Gasteiger partial charge in [-0.05, 0) is 29.5 Å². The van der Waals surface area contributed by atoms with Crippen LogP contribution in [0.25, 0.3) is 10.2 Å². The first kappa shape index (κ1) is 12.7. The predicted molar refractivity (Wildman–Crippen MR) is 85.3 cm³/mol. The van der Waals surface area contributed by atoms with Crippen molar-refractivity contribution in [3.05, 3.63) is 59.1 Å². The first-order valence-corrected chi connectivity index (χ1v) is 8.22. The summed E-state index contributed by atoms with van der Waals surface area (Å²) in [6.45, 7) is 2.19. The van der Waals surface area contributed by atoms with Crippen LogP contribution in [0.2, 0.25) is 0 Å². The second-order valence-corrected chi connectivity index (χ2v) is 6.71. The van der Waals surface area contributed by atoms with Crippen LogP contribution in [-0.4, -0.2) is 10.7 Å². The minimum Gasteiger partial charge on any atom is -0.241 e. The Balaban J connectivity index is 1.92. The third-order valence-corrected chi connectivity index (χ3v) is 4.99. The number of aromatic nitrogens is 1. The quantitative estimate of drug-likeness (QED) is 0.626. The minimum absolute atomic E-state index is 0.933. The van der Waals surface area contributed by atoms with Crippen LogP contribution in [0.15, 0.2) is 53.4 Å². The van der Waals surface area contributed by atoms with Crippen LogP contribution in [0.1, 0.15) is 17.5 Å². The molecule has 3 aromatic rings. The van der Waals surface area contributed by atoms with Gasteiger partial charge in [-0.1, -0.05) is 37.3 Å². The van der Waals surface area contributed by atoms with Gasteiger partial charge in [-0.3, -0.25) is 0 Å². The minimum atomic E-state index is 0.933. The summed E-state index contributed by atoms with van der Waals surface area (Å²) in [7, 11) is 0. The number of thioether (sulfide) groups is 1. The van der Waals surface area contributed by atoms with Crippen LogP contribution >= 0.6 is 23.1 Å². The van der Waals surface area contributed by atoms with Crippen LogP contribution in [0.3, 0.4) is 0 Å². The standard InChI is InChI=1S/C16H15NS2/c1-2-18-14-9-5-3-7-12(14)11-16-17-13-8-4-6-10-15(13)19-16/h3-10H,2,11H2,1H3. The van der Waals surface area contributed by atoms with Gasteiger partial charge in [-0.25, -0.2) is 4.98 Å². The molecule has 0 atom stereocenters. The van der Waals surface area contributed by atoms with Gasteiger partial charge >= 0.3 is 0 Å². The van der Waals surface area contributed by atoms with Crippen LogP contribution in [0, 0.1) is 0 Å². The summed E-state index contributed by atoms with van der Waals surface area (Å²) < 4.78 is 1.28. The molecule has 19 heavy (non-hydrogen) atoms. The number of hydrogen-bond acceptors (Lipinski definition) is 3. The summed E-state index contributed by atoms with van der Waals surface area (Å²) in [5.41, 5.74) is 2.50. The predicted octanol–water partition coefficient (Wildman–Crippen LogP) is 5.00. The van der Waals surface area contributed by atoms with Gasteiger partial charge in [0.25, 0.3) is 0 Å². The first-order chi connectivity index (χ1) is 9.36. The van der Waals surface area contributed by atoms with E-state index in [4.69, 9.17) is 4.98 Å². The molecular weight excluding hydrogens is 270 g/mol. The molecule has 96 valence electrons. The molecule has 0 saturated carbocycles. The average molecular weight is 285 g/mol. The molecule has 1 heterocycles. The number of hydrogen-bond donors (Lipinski definition) is 0. The Kier molecular flexibility index (Phi) is 3.85. The third-order valence-electron chi connectivity index (χ3n) is 2.95. The lowest BCUT2D eigenvalue weighted by Crippen LogP contribution is -1.90. The van der Waals surface area contributed by atoms with Gasteiger partial charge in [0, 0.05) is 11.3 Å². The van der Waals surface area contributed by atoms with Gasteiger partial charge in [0.15, 0.2) is 0 Å². The van der Waals surface area contributed by atoms with Crippen molar-refractivity contribution in [3.63, 3.8) is 0 Å². The molecule has 1 aromatic heterocycles. The smallest absolute Gasteiger partial charge is 0.0982 e. The molecule has 0 spiro atoms. The zero-order valence-electron chi connectivity index (χ0n) is 10.8. The maximum absolute atomic E-state index is 4.72. The maximum atomic E-state index is 4.72. The molecule has 0 saturated heterocycles. The molecule has 0 aliphatic rings. The highest BCUT2D eigenvalue weighted by Crippen LogP contribution is 2.28. The van der Waals surface area contributed by atoms with Gasteiger partial charge in [-0.15, -0.1) is 23.1 Å². The zero-order chi connectivity index (χ0) is 13.1. The second-order valence-electron chi connectivity index (χ2n) is 4.29. The molecule has 0 bridgehead atoms. The van der Waals surface area contributed by atoms with Crippen molar-refractivity contribution in [2.24, 2.45) is 0 Å².